The second-order valence-electron chi connectivity index (χ2n) is 5.63. The van der Waals surface area contributed by atoms with Crippen molar-refractivity contribution >= 4 is 5.69 Å². The fraction of sp³-hybridized carbons (Fsp3) is 0.625. The molecule has 1 fully saturated rings. The summed E-state index contributed by atoms with van der Waals surface area (Å²) in [5.41, 5.74) is 1.03. The Morgan fingerprint density at radius 1 is 1.38 bits per heavy atom. The highest BCUT2D eigenvalue weighted by Crippen LogP contribution is 2.31. The Morgan fingerprint density at radius 2 is 2.19 bits per heavy atom. The number of hydrogen-bond donors (Lipinski definition) is 2. The number of nitrogens with zero attached hydrogens (tertiary/aromatic N) is 1. The van der Waals surface area contributed by atoms with E-state index in [9.17, 15) is 0 Å². The number of nitrogens with one attached hydrogen (secondary N) is 1. The van der Waals surface area contributed by atoms with Crippen LogP contribution in [-0.2, 0) is 0 Å². The van der Waals surface area contributed by atoms with Crippen LogP contribution in [0, 0.1) is 0 Å². The van der Waals surface area contributed by atoms with Crippen molar-refractivity contribution < 1.29 is 14.6 Å². The van der Waals surface area contributed by atoms with E-state index in [0.29, 0.717) is 23.6 Å². The molecule has 2 atom stereocenters. The highest BCUT2D eigenvalue weighted by Gasteiger charge is 2.22. The fourth-order valence-electron chi connectivity index (χ4n) is 2.69. The number of benzene rings is 1. The monoisotopic (exact) mass is 294 g/mol. The van der Waals surface area contributed by atoms with E-state index in [4.69, 9.17) is 14.6 Å². The number of anilines is 1. The first-order valence-electron chi connectivity index (χ1n) is 7.52. The zero-order valence-electron chi connectivity index (χ0n) is 13.1. The molecule has 1 saturated heterocycles. The minimum atomic E-state index is -0.00666. The molecule has 0 saturated carbocycles. The van der Waals surface area contributed by atoms with Crippen molar-refractivity contribution in [3.05, 3.63) is 18.2 Å². The Kier molecular flexibility index (Phi) is 5.70. The number of piperidine rings is 1. The van der Waals surface area contributed by atoms with E-state index in [2.05, 4.69) is 24.2 Å². The average Bonchev–Trinajstić information content (AvgIpc) is 2.49. The number of ether oxygens (including phenoxy) is 2. The number of aliphatic hydroxyl groups is 1. The van der Waals surface area contributed by atoms with E-state index in [-0.39, 0.29) is 13.2 Å². The van der Waals surface area contributed by atoms with Gasteiger partial charge in [-0.05, 0) is 38.9 Å². The van der Waals surface area contributed by atoms with Gasteiger partial charge in [0.25, 0.3) is 0 Å². The topological polar surface area (TPSA) is 54.0 Å². The summed E-state index contributed by atoms with van der Waals surface area (Å²) in [5, 5.41) is 12.5. The van der Waals surface area contributed by atoms with E-state index in [1.54, 1.807) is 7.11 Å². The molecular weight excluding hydrogens is 268 g/mol. The molecule has 1 aliphatic heterocycles. The van der Waals surface area contributed by atoms with Crippen molar-refractivity contribution in [1.29, 1.82) is 0 Å². The van der Waals surface area contributed by atoms with Gasteiger partial charge >= 0.3 is 0 Å². The van der Waals surface area contributed by atoms with Crippen molar-refractivity contribution in [2.45, 2.75) is 31.8 Å². The summed E-state index contributed by atoms with van der Waals surface area (Å²) in [6.07, 6.45) is 2.27. The summed E-state index contributed by atoms with van der Waals surface area (Å²) in [6, 6.07) is 6.92. The van der Waals surface area contributed by atoms with E-state index < -0.39 is 0 Å². The smallest absolute Gasteiger partial charge is 0.163 e. The highest BCUT2D eigenvalue weighted by atomic mass is 16.5. The summed E-state index contributed by atoms with van der Waals surface area (Å²) in [4.78, 5) is 2.39. The standard InChI is InChI=1S/C16H26N2O3/c1-12-10-14(6-7-18(12)2)17-13-4-5-15(20-3)16(11-13)21-9-8-19/h4-5,11-12,14,17,19H,6-10H2,1-3H3. The van der Waals surface area contributed by atoms with Crippen molar-refractivity contribution in [3.8, 4) is 11.5 Å². The quantitative estimate of drug-likeness (QED) is 0.840. The first-order valence-corrected chi connectivity index (χ1v) is 7.52. The van der Waals surface area contributed by atoms with Crippen LogP contribution in [0.3, 0.4) is 0 Å². The molecule has 21 heavy (non-hydrogen) atoms. The summed E-state index contributed by atoms with van der Waals surface area (Å²) in [7, 11) is 3.79. The van der Waals surface area contributed by atoms with Gasteiger partial charge in [-0.3, -0.25) is 0 Å². The van der Waals surface area contributed by atoms with Crippen LogP contribution in [0.25, 0.3) is 0 Å². The Morgan fingerprint density at radius 3 is 2.86 bits per heavy atom. The zero-order valence-corrected chi connectivity index (χ0v) is 13.1. The van der Waals surface area contributed by atoms with E-state index in [0.717, 1.165) is 25.1 Å². The predicted molar refractivity (Wildman–Crippen MR) is 84.3 cm³/mol. The second kappa shape index (κ2) is 7.52. The van der Waals surface area contributed by atoms with Crippen molar-refractivity contribution in [2.75, 3.05) is 39.2 Å². The predicted octanol–water partition coefficient (Wildman–Crippen LogP) is 1.96. The molecule has 0 aromatic heterocycles. The molecule has 1 aliphatic rings. The molecule has 0 aliphatic carbocycles. The lowest BCUT2D eigenvalue weighted by Gasteiger charge is -2.35. The van der Waals surface area contributed by atoms with Crippen LogP contribution in [0.1, 0.15) is 19.8 Å². The lowest BCUT2D eigenvalue weighted by Crippen LogP contribution is -2.42. The average molecular weight is 294 g/mol. The van der Waals surface area contributed by atoms with Crippen LogP contribution >= 0.6 is 0 Å². The van der Waals surface area contributed by atoms with Crippen LogP contribution in [0.15, 0.2) is 18.2 Å². The summed E-state index contributed by atoms with van der Waals surface area (Å²) >= 11 is 0. The minimum absolute atomic E-state index is 0.00666. The maximum atomic E-state index is 8.89. The molecule has 2 rings (SSSR count). The summed E-state index contributed by atoms with van der Waals surface area (Å²) in [6.45, 7) is 3.64. The molecule has 1 aromatic rings. The Bertz CT molecular complexity index is 453. The fourth-order valence-corrected chi connectivity index (χ4v) is 2.69. The van der Waals surface area contributed by atoms with Gasteiger partial charge in [0, 0.05) is 30.4 Å². The Balaban J connectivity index is 2.02. The van der Waals surface area contributed by atoms with Gasteiger partial charge in [-0.25, -0.2) is 0 Å². The molecule has 118 valence electrons. The maximum absolute atomic E-state index is 8.89. The van der Waals surface area contributed by atoms with E-state index in [1.165, 1.54) is 0 Å². The van der Waals surface area contributed by atoms with Gasteiger partial charge in [0.05, 0.1) is 13.7 Å². The van der Waals surface area contributed by atoms with Gasteiger partial charge in [-0.15, -0.1) is 0 Å². The molecular formula is C16H26N2O3. The van der Waals surface area contributed by atoms with Gasteiger partial charge in [0.15, 0.2) is 11.5 Å². The van der Waals surface area contributed by atoms with Gasteiger partial charge in [-0.2, -0.15) is 0 Å². The lowest BCUT2D eigenvalue weighted by molar-refractivity contribution is 0.190. The first kappa shape index (κ1) is 15.9. The van der Waals surface area contributed by atoms with E-state index in [1.807, 2.05) is 18.2 Å². The third-order valence-electron chi connectivity index (χ3n) is 4.09. The van der Waals surface area contributed by atoms with Gasteiger partial charge in [0.1, 0.15) is 6.61 Å². The summed E-state index contributed by atoms with van der Waals surface area (Å²) in [5.74, 6) is 1.35. The van der Waals surface area contributed by atoms with Gasteiger partial charge in [0.2, 0.25) is 0 Å². The first-order chi connectivity index (χ1) is 10.1. The molecule has 0 bridgehead atoms. The number of likely N-dealkylation sites (tertiary alicyclic amines) is 1. The van der Waals surface area contributed by atoms with Crippen LogP contribution in [0.2, 0.25) is 0 Å². The lowest BCUT2D eigenvalue weighted by atomic mass is 9.98. The number of methoxy groups -OCH3 is 1. The van der Waals surface area contributed by atoms with E-state index >= 15 is 0 Å². The SMILES string of the molecule is COc1ccc(NC2CCN(C)C(C)C2)cc1OCCO. The van der Waals surface area contributed by atoms with Crippen LogP contribution < -0.4 is 14.8 Å². The van der Waals surface area contributed by atoms with Crippen LogP contribution in [-0.4, -0.2) is 56.0 Å². The molecule has 2 unspecified atom stereocenters. The highest BCUT2D eigenvalue weighted by molar-refractivity contribution is 5.55. The summed E-state index contributed by atoms with van der Waals surface area (Å²) < 4.78 is 10.8. The Labute approximate surface area is 126 Å². The second-order valence-corrected chi connectivity index (χ2v) is 5.63. The van der Waals surface area contributed by atoms with Crippen molar-refractivity contribution in [2.24, 2.45) is 0 Å². The number of aliphatic hydroxyl groups excluding tert-OH is 1. The molecule has 2 N–H and O–H groups in total. The molecule has 0 amide bonds. The number of rotatable bonds is 6. The normalized spacial score (nSPS) is 22.9. The van der Waals surface area contributed by atoms with Gasteiger partial charge in [-0.1, -0.05) is 0 Å². The molecule has 0 spiro atoms. The largest absolute Gasteiger partial charge is 0.493 e. The third-order valence-corrected chi connectivity index (χ3v) is 4.09. The zero-order chi connectivity index (χ0) is 15.2. The maximum Gasteiger partial charge on any atom is 0.163 e. The number of hydrogen-bond acceptors (Lipinski definition) is 5. The Hall–Kier alpha value is -1.46. The molecule has 1 heterocycles. The molecule has 0 radical (unpaired) electrons. The molecule has 5 heteroatoms. The van der Waals surface area contributed by atoms with Crippen molar-refractivity contribution in [1.82, 2.24) is 4.90 Å². The van der Waals surface area contributed by atoms with Crippen molar-refractivity contribution in [3.63, 3.8) is 0 Å². The van der Waals surface area contributed by atoms with Crippen LogP contribution in [0.5, 0.6) is 11.5 Å². The molecule has 1 aromatic carbocycles. The molecule has 5 nitrogen and oxygen atoms in total. The third kappa shape index (κ3) is 4.25. The minimum Gasteiger partial charge on any atom is -0.493 e. The van der Waals surface area contributed by atoms with Crippen LogP contribution in [0.4, 0.5) is 5.69 Å². The van der Waals surface area contributed by atoms with Gasteiger partial charge < -0.3 is 24.8 Å².